The number of hydrogen-bond donors (Lipinski definition) is 1. The molecule has 1 aliphatic rings. The number of benzene rings is 1. The van der Waals surface area contributed by atoms with Gasteiger partial charge >= 0.3 is 0 Å². The Kier molecular flexibility index (Phi) is 4.98. The van der Waals surface area contributed by atoms with Crippen LogP contribution >= 0.6 is 9.39 Å². The molecule has 1 amide bonds. The van der Waals surface area contributed by atoms with Gasteiger partial charge in [-0.05, 0) is 38.7 Å². The maximum absolute atomic E-state index is 12.6. The predicted molar refractivity (Wildman–Crippen MR) is 96.5 cm³/mol. The van der Waals surface area contributed by atoms with Crippen LogP contribution in [-0.2, 0) is 0 Å². The molecule has 5 nitrogen and oxygen atoms in total. The summed E-state index contributed by atoms with van der Waals surface area (Å²) in [5.41, 5.74) is 1.56. The fraction of sp³-hybridized carbons (Fsp3) is 0.529. The molecule has 1 aromatic carbocycles. The number of nitrogens with zero attached hydrogens (tertiary/aromatic N) is 3. The molecule has 0 spiro atoms. The molecule has 2 heterocycles. The van der Waals surface area contributed by atoms with Gasteiger partial charge in [0.05, 0.1) is 5.52 Å². The Labute approximate surface area is 139 Å². The average molecular weight is 332 g/mol. The Balaban J connectivity index is 1.73. The van der Waals surface area contributed by atoms with Gasteiger partial charge in [0.1, 0.15) is 0 Å². The van der Waals surface area contributed by atoms with Crippen LogP contribution < -0.4 is 5.32 Å². The maximum atomic E-state index is 12.6. The lowest BCUT2D eigenvalue weighted by molar-refractivity contribution is 0.0937. The smallest absolute Gasteiger partial charge is 0.272 e. The van der Waals surface area contributed by atoms with Crippen molar-refractivity contribution in [3.05, 3.63) is 30.0 Å². The molecule has 1 N–H and O–H groups in total. The molecule has 2 aromatic rings. The third kappa shape index (κ3) is 3.56. The number of amides is 1. The van der Waals surface area contributed by atoms with Crippen molar-refractivity contribution < 1.29 is 4.79 Å². The largest absolute Gasteiger partial charge is 0.350 e. The van der Waals surface area contributed by atoms with Crippen molar-refractivity contribution >= 4 is 26.2 Å². The van der Waals surface area contributed by atoms with E-state index in [1.165, 1.54) is 0 Å². The molecule has 6 heteroatoms. The first-order valence-corrected chi connectivity index (χ1v) is 8.83. The van der Waals surface area contributed by atoms with Crippen LogP contribution in [0.15, 0.2) is 24.3 Å². The van der Waals surface area contributed by atoms with Crippen LogP contribution in [-0.4, -0.2) is 40.0 Å². The second-order valence-electron chi connectivity index (χ2n) is 6.59. The second kappa shape index (κ2) is 6.98. The van der Waals surface area contributed by atoms with Crippen molar-refractivity contribution in [3.8, 4) is 0 Å². The number of carbonyl (C=O) groups excluding carboxylic acids is 1. The summed E-state index contributed by atoms with van der Waals surface area (Å²) in [6.45, 7) is 7.06. The van der Waals surface area contributed by atoms with Gasteiger partial charge in [0.15, 0.2) is 5.69 Å². The summed E-state index contributed by atoms with van der Waals surface area (Å²) < 4.78 is 4.19. The fourth-order valence-electron chi connectivity index (χ4n) is 3.13. The Bertz CT molecular complexity index is 689. The van der Waals surface area contributed by atoms with E-state index in [9.17, 15) is 4.79 Å². The van der Waals surface area contributed by atoms with E-state index >= 15 is 0 Å². The molecule has 0 saturated carbocycles. The maximum Gasteiger partial charge on any atom is 0.272 e. The summed E-state index contributed by atoms with van der Waals surface area (Å²) in [7, 11) is 2.76. The van der Waals surface area contributed by atoms with Gasteiger partial charge in [0.25, 0.3) is 5.91 Å². The summed E-state index contributed by atoms with van der Waals surface area (Å²) in [4.78, 5) is 12.6. The van der Waals surface area contributed by atoms with Crippen molar-refractivity contribution in [3.63, 3.8) is 0 Å². The quantitative estimate of drug-likeness (QED) is 0.876. The van der Waals surface area contributed by atoms with Crippen molar-refractivity contribution in [1.82, 2.24) is 19.8 Å². The standard InChI is InChI=1S/C17H25N4OP/c1-12(2)21-15-6-4-3-5-14(15)16(19-21)17(22)18-11-13-7-9-20(23)10-8-13/h3-6,12-13H,7-11,23H2,1-2H3,(H,18,22). The minimum absolute atomic E-state index is 0.0612. The lowest BCUT2D eigenvalue weighted by atomic mass is 9.98. The van der Waals surface area contributed by atoms with E-state index in [1.54, 1.807) is 0 Å². The highest BCUT2D eigenvalue weighted by atomic mass is 31.0. The van der Waals surface area contributed by atoms with Crippen LogP contribution in [0.4, 0.5) is 0 Å². The van der Waals surface area contributed by atoms with Crippen LogP contribution in [0.2, 0.25) is 0 Å². The van der Waals surface area contributed by atoms with Crippen LogP contribution in [0.25, 0.3) is 10.9 Å². The van der Waals surface area contributed by atoms with E-state index in [1.807, 2.05) is 28.9 Å². The molecule has 0 radical (unpaired) electrons. The molecule has 1 aliphatic heterocycles. The van der Waals surface area contributed by atoms with Gasteiger partial charge in [-0.3, -0.25) is 14.1 Å². The van der Waals surface area contributed by atoms with Gasteiger partial charge in [0.2, 0.25) is 0 Å². The summed E-state index contributed by atoms with van der Waals surface area (Å²) in [5, 5.41) is 8.57. The minimum Gasteiger partial charge on any atom is -0.350 e. The van der Waals surface area contributed by atoms with Gasteiger partial charge in [0, 0.05) is 31.1 Å². The molecular weight excluding hydrogens is 307 g/mol. The Morgan fingerprint density at radius 2 is 2.04 bits per heavy atom. The van der Waals surface area contributed by atoms with Crippen LogP contribution in [0, 0.1) is 5.92 Å². The Morgan fingerprint density at radius 3 is 2.74 bits per heavy atom. The zero-order valence-electron chi connectivity index (χ0n) is 13.8. The van der Waals surface area contributed by atoms with E-state index in [4.69, 9.17) is 0 Å². The minimum atomic E-state index is -0.0612. The van der Waals surface area contributed by atoms with Crippen molar-refractivity contribution in [2.24, 2.45) is 5.92 Å². The monoisotopic (exact) mass is 332 g/mol. The number of rotatable bonds is 4. The average Bonchev–Trinajstić information content (AvgIpc) is 2.94. The van der Waals surface area contributed by atoms with Crippen molar-refractivity contribution in [2.75, 3.05) is 19.6 Å². The number of piperidine rings is 1. The zero-order valence-corrected chi connectivity index (χ0v) is 15.0. The van der Waals surface area contributed by atoms with Crippen molar-refractivity contribution in [1.29, 1.82) is 0 Å². The van der Waals surface area contributed by atoms with Gasteiger partial charge < -0.3 is 5.32 Å². The molecule has 1 aromatic heterocycles. The van der Waals surface area contributed by atoms with E-state index in [0.29, 0.717) is 11.6 Å². The molecule has 3 rings (SSSR count). The summed E-state index contributed by atoms with van der Waals surface area (Å²) in [5.74, 6) is 0.503. The first-order valence-electron chi connectivity index (χ1n) is 8.31. The van der Waals surface area contributed by atoms with Crippen LogP contribution in [0.3, 0.4) is 0 Å². The molecule has 1 unspecified atom stereocenters. The molecular formula is C17H25N4OP. The summed E-state index contributed by atoms with van der Waals surface area (Å²) in [6, 6.07) is 8.17. The van der Waals surface area contributed by atoms with Crippen molar-refractivity contribution in [2.45, 2.75) is 32.7 Å². The molecule has 0 aliphatic carbocycles. The van der Waals surface area contributed by atoms with E-state index < -0.39 is 0 Å². The van der Waals surface area contributed by atoms with Gasteiger partial charge in [-0.2, -0.15) is 5.10 Å². The van der Waals surface area contributed by atoms with Crippen LogP contribution in [0.1, 0.15) is 43.2 Å². The number of fused-ring (bicyclic) bond motifs is 1. The second-order valence-corrected chi connectivity index (χ2v) is 7.32. The molecule has 0 bridgehead atoms. The lowest BCUT2D eigenvalue weighted by Gasteiger charge is -2.28. The highest BCUT2D eigenvalue weighted by molar-refractivity contribution is 7.13. The number of carbonyl (C=O) groups is 1. The Hall–Kier alpha value is -1.45. The van der Waals surface area contributed by atoms with Crippen LogP contribution in [0.5, 0.6) is 0 Å². The SMILES string of the molecule is CC(C)n1nc(C(=O)NCC2CCN(P)CC2)c2ccccc21. The number of hydrogen-bond acceptors (Lipinski definition) is 3. The number of nitrogens with one attached hydrogen (secondary N) is 1. The highest BCUT2D eigenvalue weighted by Gasteiger charge is 2.21. The molecule has 1 fully saturated rings. The topological polar surface area (TPSA) is 50.2 Å². The van der Waals surface area contributed by atoms with Gasteiger partial charge in [-0.15, -0.1) is 0 Å². The molecule has 23 heavy (non-hydrogen) atoms. The predicted octanol–water partition coefficient (Wildman–Crippen LogP) is 2.85. The lowest BCUT2D eigenvalue weighted by Crippen LogP contribution is -2.35. The van der Waals surface area contributed by atoms with E-state index in [0.717, 1.165) is 43.4 Å². The molecule has 1 saturated heterocycles. The fourth-order valence-corrected chi connectivity index (χ4v) is 3.43. The summed E-state index contributed by atoms with van der Waals surface area (Å²) >= 11 is 0. The van der Waals surface area contributed by atoms with Gasteiger partial charge in [-0.25, -0.2) is 0 Å². The first-order chi connectivity index (χ1) is 11.1. The van der Waals surface area contributed by atoms with E-state index in [2.05, 4.69) is 38.3 Å². The summed E-state index contributed by atoms with van der Waals surface area (Å²) in [6.07, 6.45) is 2.26. The number of aromatic nitrogens is 2. The molecule has 1 atom stereocenters. The normalized spacial score (nSPS) is 17.0. The zero-order chi connectivity index (χ0) is 16.4. The third-order valence-electron chi connectivity index (χ3n) is 4.52. The van der Waals surface area contributed by atoms with E-state index in [-0.39, 0.29) is 11.9 Å². The first kappa shape index (κ1) is 16.4. The number of para-hydroxylation sites is 1. The molecule has 124 valence electrons. The highest BCUT2D eigenvalue weighted by Crippen LogP contribution is 2.22. The Morgan fingerprint density at radius 1 is 1.35 bits per heavy atom. The third-order valence-corrected chi connectivity index (χ3v) is 5.03. The van der Waals surface area contributed by atoms with Gasteiger partial charge in [-0.1, -0.05) is 27.6 Å².